The van der Waals surface area contributed by atoms with Crippen molar-refractivity contribution in [2.75, 3.05) is 19.8 Å². The molecular formula is C14H16FN3O2. The molecule has 2 aromatic rings. The normalized spacial score (nSPS) is 20.2. The average Bonchev–Trinajstić information content (AvgIpc) is 2.91. The van der Waals surface area contributed by atoms with Gasteiger partial charge in [0.25, 0.3) is 0 Å². The molecule has 1 fully saturated rings. The van der Waals surface area contributed by atoms with Gasteiger partial charge < -0.3 is 9.26 Å². The van der Waals surface area contributed by atoms with E-state index in [9.17, 15) is 4.39 Å². The average molecular weight is 277 g/mol. The molecule has 1 atom stereocenters. The summed E-state index contributed by atoms with van der Waals surface area (Å²) in [5, 5.41) is 3.94. The molecule has 20 heavy (non-hydrogen) atoms. The van der Waals surface area contributed by atoms with Crippen molar-refractivity contribution in [3.8, 4) is 11.4 Å². The topological polar surface area (TPSA) is 51.4 Å². The van der Waals surface area contributed by atoms with Crippen LogP contribution in [0.25, 0.3) is 11.4 Å². The molecule has 3 rings (SSSR count). The van der Waals surface area contributed by atoms with E-state index in [0.717, 1.165) is 25.3 Å². The van der Waals surface area contributed by atoms with E-state index in [0.29, 0.717) is 24.3 Å². The molecule has 1 aromatic carbocycles. The van der Waals surface area contributed by atoms with Crippen LogP contribution in [0, 0.1) is 5.82 Å². The monoisotopic (exact) mass is 277 g/mol. The van der Waals surface area contributed by atoms with Crippen LogP contribution in [0.2, 0.25) is 0 Å². The first-order valence-corrected chi connectivity index (χ1v) is 6.63. The first-order valence-electron chi connectivity index (χ1n) is 6.63. The molecule has 0 aliphatic carbocycles. The number of benzene rings is 1. The van der Waals surface area contributed by atoms with Gasteiger partial charge in [0.1, 0.15) is 5.82 Å². The number of aromatic nitrogens is 2. The first kappa shape index (κ1) is 13.2. The van der Waals surface area contributed by atoms with Crippen molar-refractivity contribution >= 4 is 0 Å². The molecular weight excluding hydrogens is 261 g/mol. The van der Waals surface area contributed by atoms with Gasteiger partial charge in [-0.1, -0.05) is 5.16 Å². The Morgan fingerprint density at radius 3 is 2.90 bits per heavy atom. The predicted molar refractivity (Wildman–Crippen MR) is 70.4 cm³/mol. The number of ether oxygens (including phenoxy) is 1. The number of rotatable bonds is 3. The lowest BCUT2D eigenvalue weighted by Crippen LogP contribution is -2.42. The van der Waals surface area contributed by atoms with E-state index in [2.05, 4.69) is 22.0 Å². The van der Waals surface area contributed by atoms with E-state index in [1.165, 1.54) is 12.1 Å². The number of nitrogens with zero attached hydrogens (tertiary/aromatic N) is 3. The van der Waals surface area contributed by atoms with Crippen molar-refractivity contribution in [3.63, 3.8) is 0 Å². The quantitative estimate of drug-likeness (QED) is 0.860. The second-order valence-corrected chi connectivity index (χ2v) is 4.91. The molecule has 106 valence electrons. The molecule has 6 heteroatoms. The highest BCUT2D eigenvalue weighted by molar-refractivity contribution is 5.53. The van der Waals surface area contributed by atoms with E-state index >= 15 is 0 Å². The van der Waals surface area contributed by atoms with Gasteiger partial charge in [-0.15, -0.1) is 0 Å². The van der Waals surface area contributed by atoms with Gasteiger partial charge in [0.2, 0.25) is 11.7 Å². The van der Waals surface area contributed by atoms with Crippen molar-refractivity contribution in [2.24, 2.45) is 0 Å². The van der Waals surface area contributed by atoms with Crippen LogP contribution in [0.5, 0.6) is 0 Å². The molecule has 5 nitrogen and oxygen atoms in total. The third kappa shape index (κ3) is 2.86. The van der Waals surface area contributed by atoms with Crippen LogP contribution < -0.4 is 0 Å². The summed E-state index contributed by atoms with van der Waals surface area (Å²) in [6, 6.07) is 6.39. The van der Waals surface area contributed by atoms with Crippen LogP contribution in [-0.2, 0) is 11.3 Å². The van der Waals surface area contributed by atoms with Gasteiger partial charge in [0, 0.05) is 18.2 Å². The van der Waals surface area contributed by atoms with Gasteiger partial charge in [-0.2, -0.15) is 4.98 Å². The molecule has 1 aliphatic rings. The Kier molecular flexibility index (Phi) is 3.75. The Balaban J connectivity index is 1.71. The summed E-state index contributed by atoms with van der Waals surface area (Å²) in [5.41, 5.74) is 0.747. The zero-order chi connectivity index (χ0) is 13.9. The Bertz CT molecular complexity index is 570. The highest BCUT2D eigenvalue weighted by Crippen LogP contribution is 2.17. The number of hydrogen-bond donors (Lipinski definition) is 0. The van der Waals surface area contributed by atoms with Crippen LogP contribution in [0.1, 0.15) is 12.8 Å². The number of halogens is 1. The third-order valence-corrected chi connectivity index (χ3v) is 3.41. The molecule has 1 unspecified atom stereocenters. The minimum atomic E-state index is -0.278. The van der Waals surface area contributed by atoms with E-state index in [4.69, 9.17) is 9.26 Å². The largest absolute Gasteiger partial charge is 0.379 e. The van der Waals surface area contributed by atoms with Crippen molar-refractivity contribution in [1.82, 2.24) is 15.0 Å². The Hall–Kier alpha value is -1.79. The van der Waals surface area contributed by atoms with Gasteiger partial charge in [0.05, 0.1) is 19.8 Å². The van der Waals surface area contributed by atoms with Crippen LogP contribution in [0.15, 0.2) is 28.8 Å². The van der Waals surface area contributed by atoms with Crippen molar-refractivity contribution in [2.45, 2.75) is 19.5 Å². The van der Waals surface area contributed by atoms with Crippen LogP contribution in [-0.4, -0.2) is 40.8 Å². The SMILES string of the molecule is CC1COCCN1Cc1nc(-c2ccc(F)cc2)no1. The smallest absolute Gasteiger partial charge is 0.241 e. The molecule has 2 heterocycles. The predicted octanol–water partition coefficient (Wildman–Crippen LogP) is 2.10. The Morgan fingerprint density at radius 1 is 1.35 bits per heavy atom. The maximum atomic E-state index is 12.9. The van der Waals surface area contributed by atoms with Crippen LogP contribution >= 0.6 is 0 Å². The Labute approximate surface area is 116 Å². The molecule has 1 saturated heterocycles. The molecule has 0 radical (unpaired) electrons. The van der Waals surface area contributed by atoms with Crippen molar-refractivity contribution < 1.29 is 13.7 Å². The molecule has 1 aliphatic heterocycles. The number of hydrogen-bond acceptors (Lipinski definition) is 5. The van der Waals surface area contributed by atoms with Gasteiger partial charge in [-0.25, -0.2) is 4.39 Å². The van der Waals surface area contributed by atoms with Crippen LogP contribution in [0.4, 0.5) is 4.39 Å². The first-order chi connectivity index (χ1) is 9.72. The van der Waals surface area contributed by atoms with E-state index < -0.39 is 0 Å². The summed E-state index contributed by atoms with van der Waals surface area (Å²) in [5.74, 6) is 0.776. The summed E-state index contributed by atoms with van der Waals surface area (Å²) in [6.45, 7) is 5.02. The fraction of sp³-hybridized carbons (Fsp3) is 0.429. The van der Waals surface area contributed by atoms with Crippen molar-refractivity contribution in [3.05, 3.63) is 36.0 Å². The zero-order valence-electron chi connectivity index (χ0n) is 11.3. The van der Waals surface area contributed by atoms with E-state index in [-0.39, 0.29) is 5.82 Å². The molecule has 0 spiro atoms. The van der Waals surface area contributed by atoms with E-state index in [1.54, 1.807) is 12.1 Å². The standard InChI is InChI=1S/C14H16FN3O2/c1-10-9-19-7-6-18(10)8-13-16-14(17-20-13)11-2-4-12(15)5-3-11/h2-5,10H,6-9H2,1H3. The van der Waals surface area contributed by atoms with Gasteiger partial charge in [-0.05, 0) is 31.2 Å². The molecule has 0 amide bonds. The van der Waals surface area contributed by atoms with E-state index in [1.807, 2.05) is 0 Å². The van der Waals surface area contributed by atoms with Crippen molar-refractivity contribution in [1.29, 1.82) is 0 Å². The zero-order valence-corrected chi connectivity index (χ0v) is 11.3. The van der Waals surface area contributed by atoms with Gasteiger partial charge in [0.15, 0.2) is 0 Å². The van der Waals surface area contributed by atoms with Gasteiger partial charge in [-0.3, -0.25) is 4.90 Å². The lowest BCUT2D eigenvalue weighted by Gasteiger charge is -2.31. The van der Waals surface area contributed by atoms with Gasteiger partial charge >= 0.3 is 0 Å². The molecule has 0 N–H and O–H groups in total. The summed E-state index contributed by atoms with van der Waals surface area (Å²) in [4.78, 5) is 6.60. The second kappa shape index (κ2) is 5.68. The third-order valence-electron chi connectivity index (χ3n) is 3.41. The highest BCUT2D eigenvalue weighted by Gasteiger charge is 2.21. The Morgan fingerprint density at radius 2 is 2.15 bits per heavy atom. The maximum Gasteiger partial charge on any atom is 0.241 e. The fourth-order valence-corrected chi connectivity index (χ4v) is 2.21. The maximum absolute atomic E-state index is 12.9. The summed E-state index contributed by atoms with van der Waals surface area (Å²) in [6.07, 6.45) is 0. The molecule has 1 aromatic heterocycles. The lowest BCUT2D eigenvalue weighted by molar-refractivity contribution is -0.00852. The minimum Gasteiger partial charge on any atom is -0.379 e. The molecule has 0 bridgehead atoms. The summed E-state index contributed by atoms with van der Waals surface area (Å²) in [7, 11) is 0. The lowest BCUT2D eigenvalue weighted by atomic mass is 10.2. The minimum absolute atomic E-state index is 0.278. The molecule has 0 saturated carbocycles. The summed E-state index contributed by atoms with van der Waals surface area (Å²) < 4.78 is 23.5. The summed E-state index contributed by atoms with van der Waals surface area (Å²) >= 11 is 0. The number of morpholine rings is 1. The van der Waals surface area contributed by atoms with Crippen LogP contribution in [0.3, 0.4) is 0 Å². The highest BCUT2D eigenvalue weighted by atomic mass is 19.1. The fourth-order valence-electron chi connectivity index (χ4n) is 2.21. The second-order valence-electron chi connectivity index (χ2n) is 4.91.